The molecule has 0 aliphatic heterocycles. The van der Waals surface area contributed by atoms with E-state index in [0.29, 0.717) is 5.75 Å². The van der Waals surface area contributed by atoms with E-state index in [9.17, 15) is 4.79 Å². The first-order valence-corrected chi connectivity index (χ1v) is 11.1. The maximum absolute atomic E-state index is 11.8. The van der Waals surface area contributed by atoms with Gasteiger partial charge in [-0.15, -0.1) is 5.54 Å². The summed E-state index contributed by atoms with van der Waals surface area (Å²) >= 11 is 3.47. The lowest BCUT2D eigenvalue weighted by Crippen LogP contribution is -2.42. The van der Waals surface area contributed by atoms with Crippen LogP contribution in [0.1, 0.15) is 26.3 Å². The number of amides is 1. The fraction of sp³-hybridized carbons (Fsp3) is 0.438. The van der Waals surface area contributed by atoms with E-state index in [1.54, 1.807) is 12.1 Å². The molecule has 0 unspecified atom stereocenters. The van der Waals surface area contributed by atoms with Gasteiger partial charge in [0.2, 0.25) is 0 Å². The summed E-state index contributed by atoms with van der Waals surface area (Å²) in [5.41, 5.74) is 3.81. The highest BCUT2D eigenvalue weighted by Crippen LogP contribution is 2.22. The number of hydrogen-bond donors (Lipinski definition) is 1. The number of rotatable bonds is 1. The molecule has 1 aromatic rings. The maximum Gasteiger partial charge on any atom is 0.413 e. The lowest BCUT2D eigenvalue weighted by Gasteiger charge is -2.19. The molecule has 0 atom stereocenters. The van der Waals surface area contributed by atoms with Crippen molar-refractivity contribution in [3.8, 4) is 17.2 Å². The molecule has 1 aromatic carbocycles. The second kappa shape index (κ2) is 6.67. The van der Waals surface area contributed by atoms with E-state index >= 15 is 0 Å². The molecule has 0 spiro atoms. The summed E-state index contributed by atoms with van der Waals surface area (Å²) in [6, 6.07) is 5.36. The second-order valence-corrected chi connectivity index (χ2v) is 12.5. The molecule has 0 aromatic heterocycles. The van der Waals surface area contributed by atoms with E-state index < -0.39 is 14.2 Å². The van der Waals surface area contributed by atoms with Gasteiger partial charge in [0.15, 0.2) is 0 Å². The van der Waals surface area contributed by atoms with Crippen LogP contribution in [0.4, 0.5) is 4.79 Å². The van der Waals surface area contributed by atoms with Crippen LogP contribution in [0.3, 0.4) is 0 Å². The molecule has 1 amide bonds. The first-order chi connectivity index (χ1) is 9.46. The smallest absolute Gasteiger partial charge is 0.410 e. The van der Waals surface area contributed by atoms with Crippen molar-refractivity contribution in [1.82, 2.24) is 5.32 Å². The van der Waals surface area contributed by atoms with Crippen LogP contribution in [0, 0.1) is 11.5 Å². The highest BCUT2D eigenvalue weighted by atomic mass is 79.9. The molecular formula is C16H22BrNO2Si. The Balaban J connectivity index is 2.92. The minimum atomic E-state index is -1.45. The molecule has 0 saturated heterocycles. The van der Waals surface area contributed by atoms with Crippen molar-refractivity contribution in [3.63, 3.8) is 0 Å². The quantitative estimate of drug-likeness (QED) is 0.583. The normalized spacial score (nSPS) is 11.4. The zero-order chi connectivity index (χ0) is 16.3. The molecule has 0 bridgehead atoms. The van der Waals surface area contributed by atoms with E-state index in [0.717, 1.165) is 10.0 Å². The summed E-state index contributed by atoms with van der Waals surface area (Å²) in [5.74, 6) is 3.65. The molecule has 21 heavy (non-hydrogen) atoms. The van der Waals surface area contributed by atoms with Crippen molar-refractivity contribution in [3.05, 3.63) is 28.2 Å². The van der Waals surface area contributed by atoms with Gasteiger partial charge in [0.25, 0.3) is 0 Å². The molecule has 0 aliphatic carbocycles. The minimum absolute atomic E-state index is 0.326. The summed E-state index contributed by atoms with van der Waals surface area (Å²) in [4.78, 5) is 11.8. The summed E-state index contributed by atoms with van der Waals surface area (Å²) < 4.78 is 6.19. The van der Waals surface area contributed by atoms with Crippen LogP contribution in [0.25, 0.3) is 0 Å². The third-order valence-electron chi connectivity index (χ3n) is 2.20. The van der Waals surface area contributed by atoms with Crippen molar-refractivity contribution in [2.75, 3.05) is 0 Å². The number of hydrogen-bond acceptors (Lipinski definition) is 2. The predicted molar refractivity (Wildman–Crippen MR) is 93.3 cm³/mol. The first-order valence-electron chi connectivity index (χ1n) is 6.79. The molecule has 5 heteroatoms. The molecule has 1 rings (SSSR count). The van der Waals surface area contributed by atoms with Gasteiger partial charge in [-0.1, -0.05) is 25.6 Å². The van der Waals surface area contributed by atoms with Crippen LogP contribution in [0.2, 0.25) is 19.6 Å². The van der Waals surface area contributed by atoms with Crippen LogP contribution >= 0.6 is 15.9 Å². The van der Waals surface area contributed by atoms with Crippen molar-refractivity contribution in [2.45, 2.75) is 46.0 Å². The standard InChI is InChI=1S/C16H22BrNO2Si/c1-16(2,3)18-15(19)20-13-7-8-14(17)12(11-13)9-10-21(4,5)6/h7-8,11H,1-6H3,(H,18,19). The Morgan fingerprint density at radius 2 is 1.90 bits per heavy atom. The fourth-order valence-electron chi connectivity index (χ4n) is 1.36. The second-order valence-electron chi connectivity index (χ2n) is 6.91. The predicted octanol–water partition coefficient (Wildman–Crippen LogP) is 4.56. The molecule has 1 N–H and O–H groups in total. The zero-order valence-electron chi connectivity index (χ0n) is 13.4. The maximum atomic E-state index is 11.8. The van der Waals surface area contributed by atoms with E-state index in [1.165, 1.54) is 0 Å². The molecule has 114 valence electrons. The van der Waals surface area contributed by atoms with E-state index in [4.69, 9.17) is 4.74 Å². The van der Waals surface area contributed by atoms with Gasteiger partial charge in [-0.3, -0.25) is 0 Å². The Morgan fingerprint density at radius 1 is 1.29 bits per heavy atom. The van der Waals surface area contributed by atoms with Crippen molar-refractivity contribution in [1.29, 1.82) is 0 Å². The minimum Gasteiger partial charge on any atom is -0.410 e. The number of benzene rings is 1. The Bertz CT molecular complexity index is 589. The van der Waals surface area contributed by atoms with Crippen LogP contribution in [0.15, 0.2) is 22.7 Å². The number of carbonyl (C=O) groups excluding carboxylic acids is 1. The van der Waals surface area contributed by atoms with Crippen LogP contribution in [-0.4, -0.2) is 19.7 Å². The number of halogens is 1. The van der Waals surface area contributed by atoms with E-state index in [-0.39, 0.29) is 5.54 Å². The average Bonchev–Trinajstić information content (AvgIpc) is 2.26. The topological polar surface area (TPSA) is 38.3 Å². The van der Waals surface area contributed by atoms with Gasteiger partial charge < -0.3 is 10.1 Å². The van der Waals surface area contributed by atoms with Gasteiger partial charge in [0.05, 0.1) is 0 Å². The van der Waals surface area contributed by atoms with Gasteiger partial charge in [0, 0.05) is 15.6 Å². The Kier molecular flexibility index (Phi) is 5.65. The first kappa shape index (κ1) is 17.8. The van der Waals surface area contributed by atoms with Gasteiger partial charge in [-0.2, -0.15) is 0 Å². The molecular weight excluding hydrogens is 346 g/mol. The number of nitrogens with one attached hydrogen (secondary N) is 1. The lowest BCUT2D eigenvalue weighted by molar-refractivity contribution is 0.190. The number of ether oxygens (including phenoxy) is 1. The number of carbonyl (C=O) groups is 1. The van der Waals surface area contributed by atoms with Gasteiger partial charge in [-0.05, 0) is 54.9 Å². The summed E-state index contributed by atoms with van der Waals surface area (Å²) in [5, 5.41) is 2.76. The van der Waals surface area contributed by atoms with Crippen molar-refractivity contribution in [2.24, 2.45) is 0 Å². The lowest BCUT2D eigenvalue weighted by atomic mass is 10.1. The third-order valence-corrected chi connectivity index (χ3v) is 3.76. The van der Waals surface area contributed by atoms with Gasteiger partial charge in [-0.25, -0.2) is 4.79 Å². The molecule has 3 nitrogen and oxygen atoms in total. The average molecular weight is 368 g/mol. The van der Waals surface area contributed by atoms with Crippen LogP contribution in [0.5, 0.6) is 5.75 Å². The van der Waals surface area contributed by atoms with Crippen LogP contribution < -0.4 is 10.1 Å². The van der Waals surface area contributed by atoms with Crippen molar-refractivity contribution < 1.29 is 9.53 Å². The Morgan fingerprint density at radius 3 is 2.43 bits per heavy atom. The largest absolute Gasteiger partial charge is 0.413 e. The van der Waals surface area contributed by atoms with Crippen LogP contribution in [-0.2, 0) is 0 Å². The highest BCUT2D eigenvalue weighted by molar-refractivity contribution is 9.10. The van der Waals surface area contributed by atoms with Gasteiger partial charge >= 0.3 is 6.09 Å². The SMILES string of the molecule is CC(C)(C)NC(=O)Oc1ccc(Br)c(C#C[Si](C)(C)C)c1. The zero-order valence-corrected chi connectivity index (χ0v) is 16.0. The van der Waals surface area contributed by atoms with Gasteiger partial charge in [0.1, 0.15) is 13.8 Å². The molecule has 0 heterocycles. The monoisotopic (exact) mass is 367 g/mol. The summed E-state index contributed by atoms with van der Waals surface area (Å²) in [6.07, 6.45) is -0.464. The fourth-order valence-corrected chi connectivity index (χ4v) is 2.21. The van der Waals surface area contributed by atoms with Crippen molar-refractivity contribution >= 4 is 30.1 Å². The third kappa shape index (κ3) is 7.35. The summed E-state index contributed by atoms with van der Waals surface area (Å²) in [7, 11) is -1.45. The summed E-state index contributed by atoms with van der Waals surface area (Å²) in [6.45, 7) is 12.3. The molecule has 0 aliphatic rings. The molecule has 0 radical (unpaired) electrons. The Labute approximate surface area is 136 Å². The molecule has 0 saturated carbocycles. The molecule has 0 fully saturated rings. The van der Waals surface area contributed by atoms with E-state index in [1.807, 2.05) is 26.8 Å². The van der Waals surface area contributed by atoms with E-state index in [2.05, 4.69) is 52.4 Å². The highest BCUT2D eigenvalue weighted by Gasteiger charge is 2.15. The Hall–Kier alpha value is -1.25.